The number of carbonyl (C=O) groups is 1. The minimum atomic E-state index is -1.99. The number of allylic oxidation sites excluding steroid dienone is 2. The second-order valence-electron chi connectivity index (χ2n) is 13.1. The van der Waals surface area contributed by atoms with Gasteiger partial charge in [-0.2, -0.15) is 0 Å². The zero-order valence-corrected chi connectivity index (χ0v) is 33.8. The number of unbranched alkanes of at least 4 members (excludes halogenated alkanes) is 1. The Morgan fingerprint density at radius 1 is 1.07 bits per heavy atom. The van der Waals surface area contributed by atoms with Crippen molar-refractivity contribution in [3.63, 3.8) is 0 Å². The van der Waals surface area contributed by atoms with Gasteiger partial charge in [0, 0.05) is 0 Å². The normalized spacial score (nSPS) is 22.1. The third-order valence-corrected chi connectivity index (χ3v) is 21.9. The van der Waals surface area contributed by atoms with Gasteiger partial charge < -0.3 is 0 Å². The van der Waals surface area contributed by atoms with Gasteiger partial charge in [-0.3, -0.25) is 0 Å². The zero-order valence-electron chi connectivity index (χ0n) is 26.6. The summed E-state index contributed by atoms with van der Waals surface area (Å²) in [5.74, 6) is 1.06. The summed E-state index contributed by atoms with van der Waals surface area (Å²) in [6.07, 6.45) is 13.5. The topological polar surface area (TPSA) is 55.8 Å². The maximum atomic E-state index is 10.9. The molecule has 4 nitrogen and oxygen atoms in total. The fourth-order valence-electron chi connectivity index (χ4n) is 7.55. The van der Waals surface area contributed by atoms with Gasteiger partial charge in [0.1, 0.15) is 0 Å². The van der Waals surface area contributed by atoms with E-state index in [1.54, 1.807) is 0 Å². The fraction of sp³-hybridized carbons (Fsp3) is 0.727. The molecule has 228 valence electrons. The van der Waals surface area contributed by atoms with Crippen LogP contribution in [0.15, 0.2) is 42.5 Å². The summed E-state index contributed by atoms with van der Waals surface area (Å²) in [7, 11) is -1.99. The third-order valence-electron chi connectivity index (χ3n) is 9.48. The Hall–Kier alpha value is 0.139. The van der Waals surface area contributed by atoms with Gasteiger partial charge in [0.15, 0.2) is 0 Å². The molecule has 0 bridgehead atoms. The number of hydrogen-bond donors (Lipinski definition) is 1. The first-order valence-corrected chi connectivity index (χ1v) is 27.9. The SMILES string of the molecule is CC(C)[Si](O[C@@H](CCc1ccccc1)CC[C@@H]1[C@@H](C/C=C\CCCC(=O)O)[C@@H]([O][Tl]=[P+]=S)C[C@H]1C)(C(C)C)C(C)C. The molecular weight excluding hydrogens is 756 g/mol. The quantitative estimate of drug-likeness (QED) is 0.0653. The number of carboxylic acids is 1. The molecule has 2 rings (SSSR count). The van der Waals surface area contributed by atoms with E-state index in [1.807, 2.05) is 0 Å². The number of benzene rings is 1. The van der Waals surface area contributed by atoms with E-state index in [4.69, 9.17) is 24.0 Å². The van der Waals surface area contributed by atoms with Crippen molar-refractivity contribution in [2.45, 2.75) is 135 Å². The molecule has 0 spiro atoms. The molecule has 41 heavy (non-hydrogen) atoms. The Kier molecular flexibility index (Phi) is 17.8. The number of carboxylic acid groups (broad SMARTS) is 1. The molecule has 1 saturated carbocycles. The first-order valence-electron chi connectivity index (χ1n) is 15.9. The van der Waals surface area contributed by atoms with Crippen molar-refractivity contribution < 1.29 is 17.0 Å². The second-order valence-corrected chi connectivity index (χ2v) is 30.4. The van der Waals surface area contributed by atoms with Gasteiger partial charge in [0.2, 0.25) is 0 Å². The number of rotatable bonds is 19. The van der Waals surface area contributed by atoms with E-state index < -0.39 is 37.8 Å². The van der Waals surface area contributed by atoms with Crippen LogP contribution in [0.4, 0.5) is 0 Å². The second kappa shape index (κ2) is 19.5. The predicted octanol–water partition coefficient (Wildman–Crippen LogP) is 9.76. The molecule has 5 atom stereocenters. The van der Waals surface area contributed by atoms with E-state index in [0.717, 1.165) is 42.5 Å². The summed E-state index contributed by atoms with van der Waals surface area (Å²) >= 11 is 3.96. The summed E-state index contributed by atoms with van der Waals surface area (Å²) in [5.41, 5.74) is 3.13. The maximum absolute atomic E-state index is 10.9. The van der Waals surface area contributed by atoms with Crippen LogP contribution < -0.4 is 0 Å². The minimum absolute atomic E-state index is 0.240. The Morgan fingerprint density at radius 2 is 1.73 bits per heavy atom. The summed E-state index contributed by atoms with van der Waals surface area (Å²) < 4.78 is 15.0. The molecule has 8 heteroatoms. The summed E-state index contributed by atoms with van der Waals surface area (Å²) in [6.45, 7) is 16.8. The van der Waals surface area contributed by atoms with Crippen LogP contribution in [0, 0.1) is 17.8 Å². The van der Waals surface area contributed by atoms with Gasteiger partial charge in [-0.25, -0.2) is 0 Å². The average molecular weight is 811 g/mol. The van der Waals surface area contributed by atoms with Crippen LogP contribution in [0.25, 0.3) is 0 Å². The molecule has 1 aliphatic rings. The molecule has 1 aromatic carbocycles. The predicted molar refractivity (Wildman–Crippen MR) is 181 cm³/mol. The van der Waals surface area contributed by atoms with Crippen molar-refractivity contribution in [3.8, 4) is 0 Å². The van der Waals surface area contributed by atoms with E-state index in [9.17, 15) is 4.79 Å². The Labute approximate surface area is 269 Å². The monoisotopic (exact) mass is 811 g/mol. The molecule has 0 radical (unpaired) electrons. The van der Waals surface area contributed by atoms with Crippen molar-refractivity contribution in [1.29, 1.82) is 0 Å². The van der Waals surface area contributed by atoms with Crippen LogP contribution in [0.2, 0.25) is 16.6 Å². The van der Waals surface area contributed by atoms with Crippen LogP contribution in [0.5, 0.6) is 0 Å². The van der Waals surface area contributed by atoms with Gasteiger partial charge in [-0.05, 0) is 0 Å². The van der Waals surface area contributed by atoms with Crippen molar-refractivity contribution in [2.24, 2.45) is 17.8 Å². The Balaban J connectivity index is 2.22. The summed E-state index contributed by atoms with van der Waals surface area (Å²) in [6, 6.07) is 10.9. The van der Waals surface area contributed by atoms with E-state index in [2.05, 4.69) is 91.0 Å². The molecule has 1 aromatic rings. The number of aliphatic carboxylic acids is 1. The average Bonchev–Trinajstić information content (AvgIpc) is 3.22. The van der Waals surface area contributed by atoms with Gasteiger partial charge in [-0.15, -0.1) is 0 Å². The summed E-state index contributed by atoms with van der Waals surface area (Å²) in [5, 5.41) is 8.94. The van der Waals surface area contributed by atoms with Crippen LogP contribution in [0.1, 0.15) is 105 Å². The molecule has 0 aromatic heterocycles. The van der Waals surface area contributed by atoms with Gasteiger partial charge >= 0.3 is 265 Å². The van der Waals surface area contributed by atoms with Crippen molar-refractivity contribution in [1.82, 2.24) is 0 Å². The number of hydrogen-bond acceptors (Lipinski definition) is 4. The molecular formula is C33H55O4PSSiTl+. The Bertz CT molecular complexity index is 961. The molecule has 0 amide bonds. The number of aryl methyl sites for hydroxylation is 1. The molecule has 1 aliphatic carbocycles. The van der Waals surface area contributed by atoms with Gasteiger partial charge in [0.05, 0.1) is 0 Å². The van der Waals surface area contributed by atoms with Crippen LogP contribution in [-0.2, 0) is 30.1 Å². The van der Waals surface area contributed by atoms with Crippen molar-refractivity contribution in [2.75, 3.05) is 0 Å². The van der Waals surface area contributed by atoms with E-state index in [0.29, 0.717) is 46.9 Å². The first-order chi connectivity index (χ1) is 19.5. The van der Waals surface area contributed by atoms with Crippen LogP contribution in [-0.4, -0.2) is 55.2 Å². The Morgan fingerprint density at radius 3 is 2.32 bits per heavy atom. The molecule has 0 saturated heterocycles. The molecule has 0 heterocycles. The first kappa shape index (κ1) is 37.3. The zero-order chi connectivity index (χ0) is 30.4. The van der Waals surface area contributed by atoms with Gasteiger partial charge in [0.25, 0.3) is 0 Å². The standard InChI is InChI=1S/C33H55O4Si.PS.Tl/c1-24(2)38(25(3)4,26(5)6)37-29(20-19-28-15-11-10-12-16-28)21-22-30-27(7)23-32(34)31(30)17-13-8-9-14-18-33(35)36;1-2;/h8,10-13,15-16,24-27,29-32H,9,14,17-23H2,1-7H3,(H,35,36);;/q2*-1;+3/b13-8-;;/t27-,29+,30+,31-,32+;;/m1../s1. The molecule has 0 aliphatic heterocycles. The fourth-order valence-corrected chi connectivity index (χ4v) is 18.3. The van der Waals surface area contributed by atoms with Crippen LogP contribution >= 0.6 is 4.00 Å². The molecule has 0 unspecified atom stereocenters. The van der Waals surface area contributed by atoms with Gasteiger partial charge in [-0.1, -0.05) is 6.07 Å². The van der Waals surface area contributed by atoms with Crippen molar-refractivity contribution in [3.05, 3.63) is 48.0 Å². The van der Waals surface area contributed by atoms with Crippen molar-refractivity contribution >= 4 is 53.7 Å². The van der Waals surface area contributed by atoms with E-state index in [-0.39, 0.29) is 12.5 Å². The third kappa shape index (κ3) is 11.9. The molecule has 1 fully saturated rings. The summed E-state index contributed by atoms with van der Waals surface area (Å²) in [4.78, 5) is 10.9. The van der Waals surface area contributed by atoms with E-state index in [1.165, 1.54) is 12.0 Å². The van der Waals surface area contributed by atoms with Crippen LogP contribution in [0.3, 0.4) is 0 Å². The molecule has 1 N–H and O–H groups in total. The van der Waals surface area contributed by atoms with E-state index >= 15 is 0 Å².